The maximum Gasteiger partial charge on any atom is 0.275 e. The van der Waals surface area contributed by atoms with Gasteiger partial charge in [-0.15, -0.1) is 0 Å². The zero-order chi connectivity index (χ0) is 14.8. The van der Waals surface area contributed by atoms with E-state index in [1.807, 2.05) is 14.0 Å². The SMILES string of the molecule is CCc1nn2c(=O)cc(CN3CCC(CNC)C3)nc2s1. The number of aryl methyl sites for hydroxylation is 1. The Labute approximate surface area is 127 Å². The van der Waals surface area contributed by atoms with Gasteiger partial charge in [0.1, 0.15) is 5.01 Å². The van der Waals surface area contributed by atoms with Gasteiger partial charge >= 0.3 is 0 Å². The Morgan fingerprint density at radius 3 is 3.14 bits per heavy atom. The molecule has 1 aliphatic heterocycles. The predicted molar refractivity (Wildman–Crippen MR) is 83.8 cm³/mol. The second-order valence-electron chi connectivity index (χ2n) is 5.58. The van der Waals surface area contributed by atoms with Crippen LogP contribution in [0.3, 0.4) is 0 Å². The van der Waals surface area contributed by atoms with Crippen LogP contribution >= 0.6 is 11.3 Å². The Morgan fingerprint density at radius 1 is 1.52 bits per heavy atom. The maximum absolute atomic E-state index is 12.1. The van der Waals surface area contributed by atoms with Gasteiger partial charge in [0.15, 0.2) is 0 Å². The molecule has 1 unspecified atom stereocenters. The Bertz CT molecular complexity index is 680. The molecule has 3 heterocycles. The third-order valence-electron chi connectivity index (χ3n) is 3.89. The monoisotopic (exact) mass is 307 g/mol. The van der Waals surface area contributed by atoms with Crippen molar-refractivity contribution in [2.45, 2.75) is 26.3 Å². The molecule has 2 aromatic rings. The fourth-order valence-electron chi connectivity index (χ4n) is 2.86. The lowest BCUT2D eigenvalue weighted by Gasteiger charge is -2.15. The molecule has 6 nitrogen and oxygen atoms in total. The van der Waals surface area contributed by atoms with Crippen molar-refractivity contribution < 1.29 is 0 Å². The molecule has 0 amide bonds. The van der Waals surface area contributed by atoms with E-state index in [1.54, 1.807) is 6.07 Å². The Morgan fingerprint density at radius 2 is 2.38 bits per heavy atom. The highest BCUT2D eigenvalue weighted by Gasteiger charge is 2.22. The van der Waals surface area contributed by atoms with Gasteiger partial charge in [0.25, 0.3) is 5.56 Å². The Kier molecular flexibility index (Phi) is 4.32. The lowest BCUT2D eigenvalue weighted by atomic mass is 10.1. The van der Waals surface area contributed by atoms with Crippen molar-refractivity contribution in [3.8, 4) is 0 Å². The molecule has 21 heavy (non-hydrogen) atoms. The molecule has 114 valence electrons. The standard InChI is InChI=1S/C14H21N5OS/c1-3-12-17-19-13(20)6-11(16-14(19)21-12)9-18-5-4-10(8-18)7-15-2/h6,10,15H,3-5,7-9H2,1-2H3. The summed E-state index contributed by atoms with van der Waals surface area (Å²) in [5.74, 6) is 0.704. The van der Waals surface area contributed by atoms with E-state index in [2.05, 4.69) is 20.3 Å². The minimum Gasteiger partial charge on any atom is -0.319 e. The van der Waals surface area contributed by atoms with Crippen LogP contribution in [-0.2, 0) is 13.0 Å². The summed E-state index contributed by atoms with van der Waals surface area (Å²) in [6, 6.07) is 1.62. The highest BCUT2D eigenvalue weighted by Crippen LogP contribution is 2.18. The highest BCUT2D eigenvalue weighted by molar-refractivity contribution is 7.16. The molecule has 0 radical (unpaired) electrons. The fourth-order valence-corrected chi connectivity index (χ4v) is 3.72. The van der Waals surface area contributed by atoms with Gasteiger partial charge in [-0.3, -0.25) is 9.69 Å². The summed E-state index contributed by atoms with van der Waals surface area (Å²) >= 11 is 1.50. The third-order valence-corrected chi connectivity index (χ3v) is 4.94. The summed E-state index contributed by atoms with van der Waals surface area (Å²) in [4.78, 5) is 19.8. The van der Waals surface area contributed by atoms with E-state index < -0.39 is 0 Å². The van der Waals surface area contributed by atoms with Crippen LogP contribution in [0.15, 0.2) is 10.9 Å². The van der Waals surface area contributed by atoms with E-state index in [0.29, 0.717) is 10.9 Å². The maximum atomic E-state index is 12.1. The van der Waals surface area contributed by atoms with Crippen LogP contribution in [0.5, 0.6) is 0 Å². The van der Waals surface area contributed by atoms with Crippen molar-refractivity contribution in [3.05, 3.63) is 27.1 Å². The van der Waals surface area contributed by atoms with Gasteiger partial charge in [-0.1, -0.05) is 18.3 Å². The lowest BCUT2D eigenvalue weighted by molar-refractivity contribution is 0.311. The number of hydrogen-bond acceptors (Lipinski definition) is 6. The number of likely N-dealkylation sites (tertiary alicyclic amines) is 1. The van der Waals surface area contributed by atoms with Gasteiger partial charge in [0.05, 0.1) is 5.69 Å². The molecule has 0 aromatic carbocycles. The quantitative estimate of drug-likeness (QED) is 0.883. The number of rotatable bonds is 5. The second kappa shape index (κ2) is 6.21. The number of nitrogens with one attached hydrogen (secondary N) is 1. The van der Waals surface area contributed by atoms with E-state index in [0.717, 1.165) is 43.3 Å². The minimum atomic E-state index is -0.0723. The average molecular weight is 307 g/mol. The molecule has 1 fully saturated rings. The van der Waals surface area contributed by atoms with Crippen LogP contribution in [0, 0.1) is 5.92 Å². The summed E-state index contributed by atoms with van der Waals surface area (Å²) in [6.45, 7) is 6.00. The lowest BCUT2D eigenvalue weighted by Crippen LogP contribution is -2.25. The van der Waals surface area contributed by atoms with E-state index in [1.165, 1.54) is 22.3 Å². The number of fused-ring (bicyclic) bond motifs is 1. The number of aromatic nitrogens is 3. The van der Waals surface area contributed by atoms with Crippen LogP contribution in [0.2, 0.25) is 0 Å². The molecular formula is C14H21N5OS. The zero-order valence-electron chi connectivity index (χ0n) is 12.5. The molecule has 0 saturated carbocycles. The normalized spacial score (nSPS) is 19.6. The Hall–Kier alpha value is -1.31. The van der Waals surface area contributed by atoms with Crippen molar-refractivity contribution in [3.63, 3.8) is 0 Å². The fraction of sp³-hybridized carbons (Fsp3) is 0.643. The number of nitrogens with zero attached hydrogens (tertiary/aromatic N) is 4. The van der Waals surface area contributed by atoms with Gasteiger partial charge in [-0.2, -0.15) is 9.61 Å². The van der Waals surface area contributed by atoms with Gasteiger partial charge in [-0.25, -0.2) is 4.98 Å². The van der Waals surface area contributed by atoms with Crippen LogP contribution in [0.1, 0.15) is 24.0 Å². The number of hydrogen-bond donors (Lipinski definition) is 1. The summed E-state index contributed by atoms with van der Waals surface area (Å²) in [5, 5.41) is 8.46. The molecule has 1 N–H and O–H groups in total. The van der Waals surface area contributed by atoms with E-state index in [4.69, 9.17) is 0 Å². The first-order chi connectivity index (χ1) is 10.2. The summed E-state index contributed by atoms with van der Waals surface area (Å²) in [7, 11) is 1.99. The minimum absolute atomic E-state index is 0.0723. The Balaban J connectivity index is 1.77. The molecule has 1 saturated heterocycles. The van der Waals surface area contributed by atoms with Gasteiger partial charge < -0.3 is 5.32 Å². The highest BCUT2D eigenvalue weighted by atomic mass is 32.1. The van der Waals surface area contributed by atoms with Crippen LogP contribution in [0.25, 0.3) is 4.96 Å². The van der Waals surface area contributed by atoms with Crippen molar-refractivity contribution in [1.82, 2.24) is 24.8 Å². The van der Waals surface area contributed by atoms with Crippen LogP contribution in [-0.4, -0.2) is 46.2 Å². The molecule has 1 atom stereocenters. The smallest absolute Gasteiger partial charge is 0.275 e. The van der Waals surface area contributed by atoms with Crippen molar-refractivity contribution >= 4 is 16.3 Å². The van der Waals surface area contributed by atoms with Gasteiger partial charge in [0.2, 0.25) is 4.96 Å². The summed E-state index contributed by atoms with van der Waals surface area (Å²) in [5.41, 5.74) is 0.785. The average Bonchev–Trinajstić information content (AvgIpc) is 3.06. The zero-order valence-corrected chi connectivity index (χ0v) is 13.3. The van der Waals surface area contributed by atoms with Crippen LogP contribution < -0.4 is 10.9 Å². The van der Waals surface area contributed by atoms with E-state index >= 15 is 0 Å². The second-order valence-corrected chi connectivity index (χ2v) is 6.62. The molecule has 0 spiro atoms. The first kappa shape index (κ1) is 14.6. The van der Waals surface area contributed by atoms with Gasteiger partial charge in [0, 0.05) is 19.2 Å². The summed E-state index contributed by atoms with van der Waals surface area (Å²) in [6.07, 6.45) is 2.04. The first-order valence-corrected chi connectivity index (χ1v) is 8.27. The predicted octanol–water partition coefficient (Wildman–Crippen LogP) is 0.755. The van der Waals surface area contributed by atoms with E-state index in [9.17, 15) is 4.79 Å². The van der Waals surface area contributed by atoms with Crippen molar-refractivity contribution in [2.24, 2.45) is 5.92 Å². The molecule has 2 aromatic heterocycles. The first-order valence-electron chi connectivity index (χ1n) is 7.45. The molecule has 3 rings (SSSR count). The molecule has 0 bridgehead atoms. The van der Waals surface area contributed by atoms with Crippen LogP contribution in [0.4, 0.5) is 0 Å². The topological polar surface area (TPSA) is 62.5 Å². The molecule has 7 heteroatoms. The molecular weight excluding hydrogens is 286 g/mol. The largest absolute Gasteiger partial charge is 0.319 e. The van der Waals surface area contributed by atoms with Crippen molar-refractivity contribution in [2.75, 3.05) is 26.7 Å². The third kappa shape index (κ3) is 3.14. The van der Waals surface area contributed by atoms with Gasteiger partial charge in [-0.05, 0) is 38.9 Å². The van der Waals surface area contributed by atoms with E-state index in [-0.39, 0.29) is 5.56 Å². The molecule has 0 aliphatic carbocycles. The molecule has 1 aliphatic rings. The van der Waals surface area contributed by atoms with Crippen molar-refractivity contribution in [1.29, 1.82) is 0 Å². The summed E-state index contributed by atoms with van der Waals surface area (Å²) < 4.78 is 1.42.